The van der Waals surface area contributed by atoms with Crippen molar-refractivity contribution in [3.05, 3.63) is 48.2 Å². The fourth-order valence-electron chi connectivity index (χ4n) is 2.87. The molecule has 1 aromatic heterocycles. The van der Waals surface area contributed by atoms with Gasteiger partial charge in [-0.05, 0) is 24.3 Å². The molecule has 0 unspecified atom stereocenters. The lowest BCUT2D eigenvalue weighted by Crippen LogP contribution is -2.49. The largest absolute Gasteiger partial charge is 0.495 e. The van der Waals surface area contributed by atoms with Crippen LogP contribution in [0.25, 0.3) is 0 Å². The number of ether oxygens (including phenoxy) is 1. The second-order valence-corrected chi connectivity index (χ2v) is 7.85. The monoisotopic (exact) mass is 401 g/mol. The van der Waals surface area contributed by atoms with Crippen molar-refractivity contribution in [3.8, 4) is 5.75 Å². The molecule has 1 fully saturated rings. The van der Waals surface area contributed by atoms with Crippen molar-refractivity contribution in [3.63, 3.8) is 0 Å². The zero-order valence-electron chi connectivity index (χ0n) is 14.5. The number of pyridine rings is 1. The number of para-hydroxylation sites is 1. The lowest BCUT2D eigenvalue weighted by atomic mass is 10.2. The number of hydrogen-bond donors (Lipinski definition) is 0. The Hall–Kier alpha value is -2.33. The zero-order valence-corrected chi connectivity index (χ0v) is 15.3. The highest BCUT2D eigenvalue weighted by molar-refractivity contribution is 7.89. The minimum atomic E-state index is -4.44. The molecule has 0 spiro atoms. The summed E-state index contributed by atoms with van der Waals surface area (Å²) in [6.07, 6.45) is -3.65. The Bertz CT molecular complexity index is 894. The van der Waals surface area contributed by atoms with E-state index in [1.54, 1.807) is 23.1 Å². The molecule has 146 valence electrons. The number of sulfonamides is 1. The molecule has 6 nitrogen and oxygen atoms in total. The predicted molar refractivity (Wildman–Crippen MR) is 93.2 cm³/mol. The molecule has 0 saturated carbocycles. The number of halogens is 3. The average molecular weight is 401 g/mol. The Balaban J connectivity index is 1.71. The summed E-state index contributed by atoms with van der Waals surface area (Å²) in [4.78, 5) is 5.71. The van der Waals surface area contributed by atoms with Gasteiger partial charge in [0, 0.05) is 32.4 Å². The highest BCUT2D eigenvalue weighted by atomic mass is 32.2. The number of anilines is 1. The fourth-order valence-corrected chi connectivity index (χ4v) is 4.45. The first-order valence-electron chi connectivity index (χ1n) is 8.15. The number of rotatable bonds is 4. The Morgan fingerprint density at radius 2 is 1.70 bits per heavy atom. The van der Waals surface area contributed by atoms with E-state index in [1.807, 2.05) is 0 Å². The molecule has 1 aromatic carbocycles. The van der Waals surface area contributed by atoms with E-state index >= 15 is 0 Å². The quantitative estimate of drug-likeness (QED) is 0.788. The number of hydrogen-bond acceptors (Lipinski definition) is 5. The third kappa shape index (κ3) is 4.01. The van der Waals surface area contributed by atoms with Crippen molar-refractivity contribution < 1.29 is 26.3 Å². The number of nitrogens with zero attached hydrogens (tertiary/aromatic N) is 3. The Kier molecular flexibility index (Phi) is 5.29. The van der Waals surface area contributed by atoms with Gasteiger partial charge in [0.25, 0.3) is 0 Å². The van der Waals surface area contributed by atoms with Crippen LogP contribution in [0, 0.1) is 0 Å². The molecular weight excluding hydrogens is 383 g/mol. The summed E-state index contributed by atoms with van der Waals surface area (Å²) in [5.74, 6) is 0.654. The van der Waals surface area contributed by atoms with E-state index in [2.05, 4.69) is 4.98 Å². The predicted octanol–water partition coefficient (Wildman–Crippen LogP) is 2.62. The van der Waals surface area contributed by atoms with E-state index in [0.717, 1.165) is 12.3 Å². The summed E-state index contributed by atoms with van der Waals surface area (Å²) < 4.78 is 70.1. The van der Waals surface area contributed by atoms with Gasteiger partial charge in [-0.15, -0.1) is 0 Å². The van der Waals surface area contributed by atoms with Gasteiger partial charge in [0.2, 0.25) is 10.0 Å². The van der Waals surface area contributed by atoms with Crippen LogP contribution in [0.5, 0.6) is 5.75 Å². The maximum absolute atomic E-state index is 12.9. The number of piperazine rings is 1. The van der Waals surface area contributed by atoms with Crippen LogP contribution in [0.2, 0.25) is 0 Å². The minimum absolute atomic E-state index is 0.0913. The molecule has 2 aromatic rings. The summed E-state index contributed by atoms with van der Waals surface area (Å²) in [5, 5.41) is 0. The summed E-state index contributed by atoms with van der Waals surface area (Å²) >= 11 is 0. The van der Waals surface area contributed by atoms with Crippen LogP contribution in [0.4, 0.5) is 19.0 Å². The third-order valence-corrected chi connectivity index (χ3v) is 6.26. The van der Waals surface area contributed by atoms with Gasteiger partial charge in [0.1, 0.15) is 16.5 Å². The molecule has 0 atom stereocenters. The SMILES string of the molecule is COc1ccccc1S(=O)(=O)N1CCN(c2ccc(C(F)(F)F)cn2)CC1. The van der Waals surface area contributed by atoms with Crippen LogP contribution in [0.3, 0.4) is 0 Å². The van der Waals surface area contributed by atoms with E-state index in [1.165, 1.54) is 23.5 Å². The topological polar surface area (TPSA) is 62.7 Å². The molecule has 0 amide bonds. The molecule has 10 heteroatoms. The first-order chi connectivity index (χ1) is 12.7. The summed E-state index contributed by atoms with van der Waals surface area (Å²) in [6.45, 7) is 1.05. The number of aromatic nitrogens is 1. The normalized spacial score (nSPS) is 16.4. The second-order valence-electron chi connectivity index (χ2n) is 5.94. The molecule has 1 aliphatic heterocycles. The van der Waals surface area contributed by atoms with Crippen LogP contribution in [-0.2, 0) is 16.2 Å². The van der Waals surface area contributed by atoms with Crippen LogP contribution in [0.15, 0.2) is 47.5 Å². The number of alkyl halides is 3. The van der Waals surface area contributed by atoms with Crippen molar-refractivity contribution in [2.75, 3.05) is 38.2 Å². The fraction of sp³-hybridized carbons (Fsp3) is 0.353. The van der Waals surface area contributed by atoms with Crippen molar-refractivity contribution in [2.24, 2.45) is 0 Å². The molecule has 27 heavy (non-hydrogen) atoms. The molecule has 1 saturated heterocycles. The second kappa shape index (κ2) is 7.35. The first-order valence-corrected chi connectivity index (χ1v) is 9.59. The summed E-state index contributed by atoms with van der Waals surface area (Å²) in [5.41, 5.74) is -0.816. The lowest BCUT2D eigenvalue weighted by Gasteiger charge is -2.34. The molecule has 2 heterocycles. The zero-order chi connectivity index (χ0) is 19.7. The molecule has 0 bridgehead atoms. The van der Waals surface area contributed by atoms with E-state index in [-0.39, 0.29) is 23.7 Å². The molecule has 0 N–H and O–H groups in total. The van der Waals surface area contributed by atoms with Crippen molar-refractivity contribution in [1.29, 1.82) is 0 Å². The molecule has 0 radical (unpaired) electrons. The molecule has 3 rings (SSSR count). The van der Waals surface area contributed by atoms with Gasteiger partial charge in [-0.3, -0.25) is 0 Å². The van der Waals surface area contributed by atoms with E-state index in [4.69, 9.17) is 4.74 Å². The highest BCUT2D eigenvalue weighted by Gasteiger charge is 2.33. The maximum atomic E-state index is 12.9. The maximum Gasteiger partial charge on any atom is 0.417 e. The van der Waals surface area contributed by atoms with Crippen molar-refractivity contribution in [1.82, 2.24) is 9.29 Å². The van der Waals surface area contributed by atoms with Crippen LogP contribution in [0.1, 0.15) is 5.56 Å². The van der Waals surface area contributed by atoms with Gasteiger partial charge in [-0.1, -0.05) is 12.1 Å². The third-order valence-electron chi connectivity index (χ3n) is 4.32. The molecular formula is C17H18F3N3O3S. The summed E-state index contributed by atoms with van der Waals surface area (Å²) in [7, 11) is -2.32. The van der Waals surface area contributed by atoms with Gasteiger partial charge in [-0.25, -0.2) is 13.4 Å². The van der Waals surface area contributed by atoms with Crippen molar-refractivity contribution in [2.45, 2.75) is 11.1 Å². The van der Waals surface area contributed by atoms with E-state index in [9.17, 15) is 21.6 Å². The minimum Gasteiger partial charge on any atom is -0.495 e. The first kappa shape index (κ1) is 19.4. The Morgan fingerprint density at radius 3 is 2.26 bits per heavy atom. The van der Waals surface area contributed by atoms with Gasteiger partial charge < -0.3 is 9.64 Å². The summed E-state index contributed by atoms with van der Waals surface area (Å²) in [6, 6.07) is 8.64. The van der Waals surface area contributed by atoms with Crippen molar-refractivity contribution >= 4 is 15.8 Å². The van der Waals surface area contributed by atoms with Crippen LogP contribution in [-0.4, -0.2) is 51.0 Å². The van der Waals surface area contributed by atoms with Gasteiger partial charge in [0.15, 0.2) is 0 Å². The smallest absolute Gasteiger partial charge is 0.417 e. The number of methoxy groups -OCH3 is 1. The Morgan fingerprint density at radius 1 is 1.04 bits per heavy atom. The van der Waals surface area contributed by atoms with Gasteiger partial charge in [-0.2, -0.15) is 17.5 Å². The molecule has 0 aliphatic carbocycles. The van der Waals surface area contributed by atoms with Gasteiger partial charge >= 0.3 is 6.18 Å². The average Bonchev–Trinajstić information content (AvgIpc) is 2.67. The van der Waals surface area contributed by atoms with Gasteiger partial charge in [0.05, 0.1) is 12.7 Å². The standard InChI is InChI=1S/C17H18F3N3O3S/c1-26-14-4-2-3-5-15(14)27(24,25)23-10-8-22(9-11-23)16-7-6-13(12-21-16)17(18,19)20/h2-7,12H,8-11H2,1H3. The molecule has 1 aliphatic rings. The lowest BCUT2D eigenvalue weighted by molar-refractivity contribution is -0.137. The van der Waals surface area contributed by atoms with E-state index in [0.29, 0.717) is 18.9 Å². The van der Waals surface area contributed by atoms with E-state index < -0.39 is 21.8 Å². The highest BCUT2D eigenvalue weighted by Crippen LogP contribution is 2.30. The Labute approximate surface area is 155 Å². The number of benzene rings is 1. The van der Waals surface area contributed by atoms with Crippen LogP contribution < -0.4 is 9.64 Å². The van der Waals surface area contributed by atoms with Crippen LogP contribution >= 0.6 is 0 Å².